The molecule has 132 valence electrons. The molecule has 26 heavy (non-hydrogen) atoms. The van der Waals surface area contributed by atoms with Gasteiger partial charge in [0.1, 0.15) is 0 Å². The first-order valence-electron chi connectivity index (χ1n) is 8.38. The number of anilines is 2. The van der Waals surface area contributed by atoms with E-state index in [9.17, 15) is 4.79 Å². The predicted molar refractivity (Wildman–Crippen MR) is 102 cm³/mol. The summed E-state index contributed by atoms with van der Waals surface area (Å²) >= 11 is 1.64. The molecular weight excluding hydrogens is 348 g/mol. The first-order valence-corrected chi connectivity index (χ1v) is 9.26. The third-order valence-corrected chi connectivity index (χ3v) is 5.08. The summed E-state index contributed by atoms with van der Waals surface area (Å²) in [5.74, 6) is 0.326. The molecule has 2 aromatic heterocycles. The van der Waals surface area contributed by atoms with E-state index < -0.39 is 0 Å². The minimum Gasteiger partial charge on any atom is -0.345 e. The van der Waals surface area contributed by atoms with E-state index in [1.54, 1.807) is 34.7 Å². The molecule has 8 heteroatoms. The number of aromatic nitrogens is 3. The molecule has 3 heterocycles. The van der Waals surface area contributed by atoms with Gasteiger partial charge in [-0.1, -0.05) is 30.3 Å². The number of thiazole rings is 1. The number of hydrogen-bond acceptors (Lipinski definition) is 6. The number of amides is 2. The molecule has 0 unspecified atom stereocenters. The van der Waals surface area contributed by atoms with E-state index in [-0.39, 0.29) is 6.03 Å². The number of nitrogens with zero attached hydrogens (tertiary/aromatic N) is 5. The third-order valence-electron chi connectivity index (χ3n) is 4.18. The molecule has 1 saturated heterocycles. The second-order valence-corrected chi connectivity index (χ2v) is 6.69. The number of urea groups is 1. The average Bonchev–Trinajstić information content (AvgIpc) is 3.20. The molecule has 0 spiro atoms. The summed E-state index contributed by atoms with van der Waals surface area (Å²) in [6.45, 7) is 2.79. The van der Waals surface area contributed by atoms with Crippen molar-refractivity contribution in [3.05, 3.63) is 54.2 Å². The maximum atomic E-state index is 12.3. The Bertz CT molecular complexity index is 862. The van der Waals surface area contributed by atoms with Crippen LogP contribution in [0, 0.1) is 0 Å². The fourth-order valence-electron chi connectivity index (χ4n) is 2.79. The van der Waals surface area contributed by atoms with E-state index in [1.807, 2.05) is 18.2 Å². The molecule has 1 aliphatic heterocycles. The van der Waals surface area contributed by atoms with Gasteiger partial charge in [0.25, 0.3) is 0 Å². The number of carbonyl (C=O) groups excluding carboxylic acids is 1. The summed E-state index contributed by atoms with van der Waals surface area (Å²) in [5, 5.41) is 5.80. The molecule has 7 nitrogen and oxygen atoms in total. The fourth-order valence-corrected chi connectivity index (χ4v) is 3.68. The van der Waals surface area contributed by atoms with Crippen LogP contribution in [-0.2, 0) is 0 Å². The molecule has 0 aliphatic carbocycles. The number of carbonyl (C=O) groups is 1. The Balaban J connectivity index is 1.35. The van der Waals surface area contributed by atoms with E-state index in [0.29, 0.717) is 19.0 Å². The lowest BCUT2D eigenvalue weighted by Crippen LogP contribution is -2.50. The summed E-state index contributed by atoms with van der Waals surface area (Å²) in [6, 6.07) is 11.7. The lowest BCUT2D eigenvalue weighted by atomic mass is 10.2. The van der Waals surface area contributed by atoms with E-state index in [2.05, 4.69) is 37.7 Å². The van der Waals surface area contributed by atoms with Gasteiger partial charge in [-0.05, 0) is 6.07 Å². The first kappa shape index (κ1) is 16.5. The first-order chi connectivity index (χ1) is 12.8. The molecule has 0 atom stereocenters. The van der Waals surface area contributed by atoms with Gasteiger partial charge in [-0.25, -0.2) is 19.7 Å². The van der Waals surface area contributed by atoms with Gasteiger partial charge in [-0.2, -0.15) is 0 Å². The minimum absolute atomic E-state index is 0.167. The van der Waals surface area contributed by atoms with Gasteiger partial charge >= 0.3 is 6.03 Å². The Morgan fingerprint density at radius 1 is 1.00 bits per heavy atom. The number of benzene rings is 1. The number of piperazine rings is 1. The van der Waals surface area contributed by atoms with Crippen molar-refractivity contribution < 1.29 is 4.79 Å². The topological polar surface area (TPSA) is 74.2 Å². The van der Waals surface area contributed by atoms with Gasteiger partial charge < -0.3 is 9.80 Å². The van der Waals surface area contributed by atoms with Gasteiger partial charge in [0.15, 0.2) is 5.13 Å². The SMILES string of the molecule is O=C(Nc1ncccn1)N1CCN(c2nc(-c3ccccc3)cs2)CC1. The molecule has 0 bridgehead atoms. The van der Waals surface area contributed by atoms with Gasteiger partial charge in [-0.3, -0.25) is 5.32 Å². The van der Waals surface area contributed by atoms with Crippen LogP contribution in [0.15, 0.2) is 54.2 Å². The maximum Gasteiger partial charge on any atom is 0.324 e. The maximum absolute atomic E-state index is 12.3. The number of rotatable bonds is 3. The fraction of sp³-hybridized carbons (Fsp3) is 0.222. The normalized spacial score (nSPS) is 14.3. The molecule has 0 saturated carbocycles. The Hall–Kier alpha value is -3.00. The van der Waals surface area contributed by atoms with Crippen LogP contribution in [-0.4, -0.2) is 52.1 Å². The average molecular weight is 366 g/mol. The summed E-state index contributed by atoms with van der Waals surface area (Å²) in [6.07, 6.45) is 3.21. The van der Waals surface area contributed by atoms with Crippen molar-refractivity contribution in [3.8, 4) is 11.3 Å². The number of nitrogens with one attached hydrogen (secondary N) is 1. The smallest absolute Gasteiger partial charge is 0.324 e. The second-order valence-electron chi connectivity index (χ2n) is 5.86. The molecule has 1 aromatic carbocycles. The molecule has 3 aromatic rings. The van der Waals surface area contributed by atoms with Gasteiger partial charge in [0.2, 0.25) is 5.95 Å². The molecule has 2 amide bonds. The summed E-state index contributed by atoms with van der Waals surface area (Å²) < 4.78 is 0. The van der Waals surface area contributed by atoms with Gasteiger partial charge in [0, 0.05) is 49.5 Å². The molecule has 1 N–H and O–H groups in total. The zero-order valence-corrected chi connectivity index (χ0v) is 14.9. The zero-order chi connectivity index (χ0) is 17.8. The molecular formula is C18H18N6OS. The quantitative estimate of drug-likeness (QED) is 0.771. The van der Waals surface area contributed by atoms with Crippen LogP contribution < -0.4 is 10.2 Å². The highest BCUT2D eigenvalue weighted by atomic mass is 32.1. The van der Waals surface area contributed by atoms with Crippen LogP contribution in [0.2, 0.25) is 0 Å². The van der Waals surface area contributed by atoms with Crippen molar-refractivity contribution >= 4 is 28.4 Å². The van der Waals surface area contributed by atoms with Crippen LogP contribution in [0.3, 0.4) is 0 Å². The van der Waals surface area contributed by atoms with Crippen molar-refractivity contribution in [2.45, 2.75) is 0 Å². The van der Waals surface area contributed by atoms with E-state index in [4.69, 9.17) is 4.98 Å². The van der Waals surface area contributed by atoms with Gasteiger partial charge in [-0.15, -0.1) is 11.3 Å². The van der Waals surface area contributed by atoms with Gasteiger partial charge in [0.05, 0.1) is 5.69 Å². The summed E-state index contributed by atoms with van der Waals surface area (Å²) in [4.78, 5) is 29.1. The Morgan fingerprint density at radius 3 is 2.46 bits per heavy atom. The minimum atomic E-state index is -0.167. The van der Waals surface area contributed by atoms with Crippen molar-refractivity contribution in [3.63, 3.8) is 0 Å². The number of hydrogen-bond donors (Lipinski definition) is 1. The zero-order valence-electron chi connectivity index (χ0n) is 14.1. The molecule has 0 radical (unpaired) electrons. The van der Waals surface area contributed by atoms with Crippen LogP contribution >= 0.6 is 11.3 Å². The van der Waals surface area contributed by atoms with Crippen molar-refractivity contribution in [1.82, 2.24) is 19.9 Å². The standard InChI is InChI=1S/C18H18N6OS/c25-17(22-16-19-7-4-8-20-16)23-9-11-24(12-10-23)18-21-15(13-26-18)14-5-2-1-3-6-14/h1-8,13H,9-12H2,(H,19,20,22,25). The molecule has 1 fully saturated rings. The van der Waals surface area contributed by atoms with Crippen molar-refractivity contribution in [2.24, 2.45) is 0 Å². The van der Waals surface area contributed by atoms with Crippen molar-refractivity contribution in [2.75, 3.05) is 36.4 Å². The van der Waals surface area contributed by atoms with Crippen LogP contribution in [0.5, 0.6) is 0 Å². The van der Waals surface area contributed by atoms with E-state index in [1.165, 1.54) is 0 Å². The highest BCUT2D eigenvalue weighted by molar-refractivity contribution is 7.14. The summed E-state index contributed by atoms with van der Waals surface area (Å²) in [5.41, 5.74) is 2.11. The highest BCUT2D eigenvalue weighted by Gasteiger charge is 2.23. The predicted octanol–water partition coefficient (Wildman–Crippen LogP) is 2.95. The van der Waals surface area contributed by atoms with E-state index >= 15 is 0 Å². The van der Waals surface area contributed by atoms with Crippen LogP contribution in [0.4, 0.5) is 15.9 Å². The Morgan fingerprint density at radius 2 is 1.73 bits per heavy atom. The Labute approximate surface area is 155 Å². The Kier molecular flexibility index (Phi) is 4.74. The molecule has 1 aliphatic rings. The largest absolute Gasteiger partial charge is 0.345 e. The van der Waals surface area contributed by atoms with Crippen molar-refractivity contribution in [1.29, 1.82) is 0 Å². The third kappa shape index (κ3) is 3.65. The van der Waals surface area contributed by atoms with Crippen LogP contribution in [0.1, 0.15) is 0 Å². The monoisotopic (exact) mass is 366 g/mol. The molecule has 4 rings (SSSR count). The summed E-state index contributed by atoms with van der Waals surface area (Å²) in [7, 11) is 0. The van der Waals surface area contributed by atoms with Crippen LogP contribution in [0.25, 0.3) is 11.3 Å². The van der Waals surface area contributed by atoms with E-state index in [0.717, 1.165) is 29.5 Å². The lowest BCUT2D eigenvalue weighted by molar-refractivity contribution is 0.208. The lowest BCUT2D eigenvalue weighted by Gasteiger charge is -2.34. The highest BCUT2D eigenvalue weighted by Crippen LogP contribution is 2.27. The second kappa shape index (κ2) is 7.49.